The van der Waals surface area contributed by atoms with Gasteiger partial charge in [0.25, 0.3) is 0 Å². The number of aryl methyl sites for hydroxylation is 1. The van der Waals surface area contributed by atoms with Crippen molar-refractivity contribution in [3.8, 4) is 0 Å². The van der Waals surface area contributed by atoms with Crippen molar-refractivity contribution in [2.75, 3.05) is 24.6 Å². The van der Waals surface area contributed by atoms with Crippen molar-refractivity contribution in [2.45, 2.75) is 50.5 Å². The van der Waals surface area contributed by atoms with Gasteiger partial charge in [-0.15, -0.1) is 0 Å². The van der Waals surface area contributed by atoms with E-state index in [1.165, 1.54) is 49.5 Å². The molecule has 1 aliphatic carbocycles. The summed E-state index contributed by atoms with van der Waals surface area (Å²) in [5.74, 6) is 0.584. The third-order valence-corrected chi connectivity index (χ3v) is 6.43. The van der Waals surface area contributed by atoms with Gasteiger partial charge < -0.3 is 4.90 Å². The highest BCUT2D eigenvalue weighted by Crippen LogP contribution is 2.35. The lowest BCUT2D eigenvalue weighted by Gasteiger charge is -2.35. The molecule has 0 spiro atoms. The Labute approximate surface area is 170 Å². The monoisotopic (exact) mass is 400 g/mol. The van der Waals surface area contributed by atoms with E-state index in [1.807, 2.05) is 12.1 Å². The molecule has 0 saturated heterocycles. The average molecular weight is 401 g/mol. The van der Waals surface area contributed by atoms with Crippen LogP contribution >= 0.6 is 0 Å². The van der Waals surface area contributed by atoms with Crippen LogP contribution in [0.3, 0.4) is 0 Å². The van der Waals surface area contributed by atoms with Crippen LogP contribution in [0.5, 0.6) is 0 Å². The second kappa shape index (κ2) is 9.57. The summed E-state index contributed by atoms with van der Waals surface area (Å²) in [5, 5.41) is 0. The highest BCUT2D eigenvalue weighted by Gasteiger charge is 2.24. The van der Waals surface area contributed by atoms with Gasteiger partial charge in [-0.3, -0.25) is 4.72 Å². The molecule has 2 aromatic rings. The van der Waals surface area contributed by atoms with Gasteiger partial charge in [0.15, 0.2) is 0 Å². The zero-order chi connectivity index (χ0) is 20.0. The molecule has 1 saturated carbocycles. The van der Waals surface area contributed by atoms with Gasteiger partial charge in [-0.25, -0.2) is 8.42 Å². The summed E-state index contributed by atoms with van der Waals surface area (Å²) in [6.45, 7) is 1.15. The molecule has 0 unspecified atom stereocenters. The van der Waals surface area contributed by atoms with E-state index in [9.17, 15) is 8.42 Å². The highest BCUT2D eigenvalue weighted by atomic mass is 32.2. The molecule has 1 aliphatic rings. The smallest absolute Gasteiger partial charge is 0.229 e. The molecule has 0 atom stereocenters. The minimum Gasteiger partial charge on any atom is -0.303 e. The summed E-state index contributed by atoms with van der Waals surface area (Å²) in [4.78, 5) is 2.54. The number of nitrogens with zero attached hydrogens (tertiary/aromatic N) is 1. The van der Waals surface area contributed by atoms with E-state index in [0.29, 0.717) is 17.6 Å². The molecule has 0 bridgehead atoms. The van der Waals surface area contributed by atoms with Crippen LogP contribution in [0.4, 0.5) is 5.69 Å². The van der Waals surface area contributed by atoms with E-state index in [4.69, 9.17) is 0 Å². The molecule has 0 heterocycles. The van der Waals surface area contributed by atoms with E-state index in [1.54, 1.807) is 0 Å². The molecule has 0 amide bonds. The van der Waals surface area contributed by atoms with Gasteiger partial charge in [0.1, 0.15) is 0 Å². The van der Waals surface area contributed by atoms with Gasteiger partial charge in [-0.1, -0.05) is 42.5 Å². The van der Waals surface area contributed by atoms with Gasteiger partial charge in [0.2, 0.25) is 10.0 Å². The van der Waals surface area contributed by atoms with Crippen LogP contribution in [0.2, 0.25) is 0 Å². The van der Waals surface area contributed by atoms with Crippen LogP contribution in [-0.4, -0.2) is 39.2 Å². The summed E-state index contributed by atoms with van der Waals surface area (Å²) < 4.78 is 25.2. The quantitative estimate of drug-likeness (QED) is 0.702. The van der Waals surface area contributed by atoms with Crippen LogP contribution in [-0.2, 0) is 16.4 Å². The summed E-state index contributed by atoms with van der Waals surface area (Å²) >= 11 is 0. The zero-order valence-electron chi connectivity index (χ0n) is 17.0. The first-order valence-electron chi connectivity index (χ1n) is 10.2. The standard InChI is InChI=1S/C23H32N2O2S/c1-25(18-6-9-19-7-4-3-5-8-19)23-16-12-21(13-17-23)20-10-14-22(15-11-20)24-28(2,26)27/h3-5,7-8,10-11,14-15,21,23-24H,6,9,12-13,16-18H2,1-2H3. The van der Waals surface area contributed by atoms with Crippen molar-refractivity contribution in [2.24, 2.45) is 0 Å². The minimum absolute atomic E-state index is 0.584. The molecule has 152 valence electrons. The van der Waals surface area contributed by atoms with E-state index in [2.05, 4.69) is 59.1 Å². The van der Waals surface area contributed by atoms with Crippen molar-refractivity contribution in [3.63, 3.8) is 0 Å². The zero-order valence-corrected chi connectivity index (χ0v) is 17.8. The van der Waals surface area contributed by atoms with Crippen molar-refractivity contribution in [3.05, 3.63) is 65.7 Å². The van der Waals surface area contributed by atoms with E-state index in [-0.39, 0.29) is 0 Å². The molecular weight excluding hydrogens is 368 g/mol. The number of hydrogen-bond acceptors (Lipinski definition) is 3. The normalized spacial score (nSPS) is 20.2. The Kier molecular flexibility index (Phi) is 7.13. The Balaban J connectivity index is 1.43. The highest BCUT2D eigenvalue weighted by molar-refractivity contribution is 7.92. The number of nitrogens with one attached hydrogen (secondary N) is 1. The third kappa shape index (κ3) is 6.35. The van der Waals surface area contributed by atoms with Crippen LogP contribution < -0.4 is 4.72 Å². The third-order valence-electron chi connectivity index (χ3n) is 5.82. The lowest BCUT2D eigenvalue weighted by molar-refractivity contribution is 0.181. The molecule has 1 fully saturated rings. The Morgan fingerprint density at radius 2 is 1.61 bits per heavy atom. The number of benzene rings is 2. The van der Waals surface area contributed by atoms with Gasteiger partial charge in [-0.2, -0.15) is 0 Å². The fourth-order valence-corrected chi connectivity index (χ4v) is 4.81. The molecule has 5 heteroatoms. The van der Waals surface area contributed by atoms with Gasteiger partial charge >= 0.3 is 0 Å². The van der Waals surface area contributed by atoms with Gasteiger partial charge in [-0.05, 0) is 81.3 Å². The Bertz CT molecular complexity index is 827. The lowest BCUT2D eigenvalue weighted by Crippen LogP contribution is -2.35. The maximum Gasteiger partial charge on any atom is 0.229 e. The fraction of sp³-hybridized carbons (Fsp3) is 0.478. The predicted octanol–water partition coefficient (Wildman–Crippen LogP) is 4.65. The van der Waals surface area contributed by atoms with Crippen LogP contribution in [0.25, 0.3) is 0 Å². The lowest BCUT2D eigenvalue weighted by atomic mass is 9.81. The van der Waals surface area contributed by atoms with Crippen molar-refractivity contribution < 1.29 is 8.42 Å². The minimum atomic E-state index is -3.21. The molecule has 2 aromatic carbocycles. The number of anilines is 1. The number of hydrogen-bond donors (Lipinski definition) is 1. The maximum atomic E-state index is 11.3. The second-order valence-electron chi connectivity index (χ2n) is 8.07. The summed E-state index contributed by atoms with van der Waals surface area (Å²) in [7, 11) is -0.947. The van der Waals surface area contributed by atoms with Crippen LogP contribution in [0, 0.1) is 0 Å². The number of rotatable bonds is 8. The van der Waals surface area contributed by atoms with E-state index in [0.717, 1.165) is 13.0 Å². The van der Waals surface area contributed by atoms with Crippen LogP contribution in [0.15, 0.2) is 54.6 Å². The van der Waals surface area contributed by atoms with Crippen LogP contribution in [0.1, 0.15) is 49.1 Å². The molecule has 4 nitrogen and oxygen atoms in total. The molecule has 0 aromatic heterocycles. The topological polar surface area (TPSA) is 49.4 Å². The number of sulfonamides is 1. The van der Waals surface area contributed by atoms with Crippen molar-refractivity contribution >= 4 is 15.7 Å². The second-order valence-corrected chi connectivity index (χ2v) is 9.82. The Morgan fingerprint density at radius 1 is 0.964 bits per heavy atom. The molecular formula is C23H32N2O2S. The molecule has 0 aliphatic heterocycles. The first kappa shape index (κ1) is 20.9. The maximum absolute atomic E-state index is 11.3. The van der Waals surface area contributed by atoms with Crippen molar-refractivity contribution in [1.29, 1.82) is 0 Å². The molecule has 3 rings (SSSR count). The van der Waals surface area contributed by atoms with Crippen molar-refractivity contribution in [1.82, 2.24) is 4.90 Å². The molecule has 28 heavy (non-hydrogen) atoms. The predicted molar refractivity (Wildman–Crippen MR) is 117 cm³/mol. The molecule has 0 radical (unpaired) electrons. The Hall–Kier alpha value is -1.85. The molecule has 1 N–H and O–H groups in total. The summed E-state index contributed by atoms with van der Waals surface area (Å²) in [6.07, 6.45) is 8.40. The largest absolute Gasteiger partial charge is 0.303 e. The first-order valence-corrected chi connectivity index (χ1v) is 12.1. The first-order chi connectivity index (χ1) is 13.4. The SMILES string of the molecule is CN(CCCc1ccccc1)C1CCC(c2ccc(NS(C)(=O)=O)cc2)CC1. The summed E-state index contributed by atoms with van der Waals surface area (Å²) in [5.41, 5.74) is 3.38. The fourth-order valence-electron chi connectivity index (χ4n) is 4.25. The van der Waals surface area contributed by atoms with E-state index >= 15 is 0 Å². The van der Waals surface area contributed by atoms with Gasteiger partial charge in [0.05, 0.1) is 6.26 Å². The van der Waals surface area contributed by atoms with E-state index < -0.39 is 10.0 Å². The van der Waals surface area contributed by atoms with Gasteiger partial charge in [0, 0.05) is 11.7 Å². The summed E-state index contributed by atoms with van der Waals surface area (Å²) in [6, 6.07) is 19.3. The average Bonchev–Trinajstić information content (AvgIpc) is 2.68. The Morgan fingerprint density at radius 3 is 2.21 bits per heavy atom.